The Morgan fingerprint density at radius 3 is 2.31 bits per heavy atom. The van der Waals surface area contributed by atoms with Gasteiger partial charge in [0.2, 0.25) is 5.91 Å². The molecule has 0 saturated carbocycles. The summed E-state index contributed by atoms with van der Waals surface area (Å²) in [5.74, 6) is -0.707. The summed E-state index contributed by atoms with van der Waals surface area (Å²) in [6.07, 6.45) is -0.155. The van der Waals surface area contributed by atoms with Crippen LogP contribution in [0.2, 0.25) is 0 Å². The number of hydrogen-bond acceptors (Lipinski definition) is 4. The molecule has 0 saturated heterocycles. The van der Waals surface area contributed by atoms with E-state index in [2.05, 4.69) is 17.9 Å². The van der Waals surface area contributed by atoms with Gasteiger partial charge in [0.05, 0.1) is 11.4 Å². The third-order valence-corrected chi connectivity index (χ3v) is 1.39. The lowest BCUT2D eigenvalue weighted by molar-refractivity contribution is -0.147. The van der Waals surface area contributed by atoms with Crippen LogP contribution in [0.25, 0.3) is 0 Å². The Hall–Kier alpha value is -0.710. The van der Waals surface area contributed by atoms with Crippen molar-refractivity contribution in [2.24, 2.45) is 0 Å². The summed E-state index contributed by atoms with van der Waals surface area (Å²) in [5.41, 5.74) is 0. The Kier molecular flexibility index (Phi) is 5.53. The fourth-order valence-corrected chi connectivity index (χ4v) is 0.703. The van der Waals surface area contributed by atoms with Gasteiger partial charge in [0.25, 0.3) is 0 Å². The average molecular weight is 205 g/mol. The molecular formula is C8H15NO3S. The second kappa shape index (κ2) is 5.85. The number of ether oxygens (including phenoxy) is 1. The van der Waals surface area contributed by atoms with Gasteiger partial charge in [-0.15, -0.1) is 0 Å². The van der Waals surface area contributed by atoms with Crippen molar-refractivity contribution in [2.45, 2.75) is 32.1 Å². The molecule has 0 aliphatic heterocycles. The van der Waals surface area contributed by atoms with Gasteiger partial charge in [-0.05, 0) is 20.8 Å². The number of carbonyl (C=O) groups is 2. The Morgan fingerprint density at radius 1 is 1.38 bits per heavy atom. The maximum absolute atomic E-state index is 10.9. The van der Waals surface area contributed by atoms with Crippen LogP contribution in [0.4, 0.5) is 0 Å². The quantitative estimate of drug-likeness (QED) is 0.515. The lowest BCUT2D eigenvalue weighted by Gasteiger charge is -2.09. The van der Waals surface area contributed by atoms with Crippen LogP contribution in [0, 0.1) is 0 Å². The van der Waals surface area contributed by atoms with Crippen molar-refractivity contribution in [1.82, 2.24) is 5.32 Å². The van der Waals surface area contributed by atoms with Crippen LogP contribution in [-0.2, 0) is 14.3 Å². The zero-order chi connectivity index (χ0) is 10.4. The molecule has 0 aliphatic carbocycles. The number of hydrogen-bond donors (Lipinski definition) is 2. The molecule has 1 N–H and O–H groups in total. The molecule has 0 aromatic rings. The summed E-state index contributed by atoms with van der Waals surface area (Å²) < 4.78 is 4.80. The monoisotopic (exact) mass is 205 g/mol. The molecule has 0 heterocycles. The summed E-state index contributed by atoms with van der Waals surface area (Å²) in [5, 5.41) is 1.99. The van der Waals surface area contributed by atoms with Crippen LogP contribution in [0.15, 0.2) is 0 Å². The molecule has 5 heteroatoms. The highest BCUT2D eigenvalue weighted by molar-refractivity contribution is 7.81. The van der Waals surface area contributed by atoms with Crippen molar-refractivity contribution in [1.29, 1.82) is 0 Å². The van der Waals surface area contributed by atoms with Crippen LogP contribution in [0.3, 0.4) is 0 Å². The molecule has 0 spiro atoms. The molecule has 0 unspecified atom stereocenters. The molecule has 0 radical (unpaired) electrons. The minimum Gasteiger partial charge on any atom is -0.462 e. The van der Waals surface area contributed by atoms with E-state index < -0.39 is 11.2 Å². The Morgan fingerprint density at radius 2 is 1.92 bits per heavy atom. The lowest BCUT2D eigenvalue weighted by Crippen LogP contribution is -2.35. The minimum absolute atomic E-state index is 0.0953. The number of thiol groups is 1. The molecule has 0 aromatic heterocycles. The maximum Gasteiger partial charge on any atom is 0.325 e. The third-order valence-electron chi connectivity index (χ3n) is 1.15. The van der Waals surface area contributed by atoms with Crippen molar-refractivity contribution in [3.05, 3.63) is 0 Å². The van der Waals surface area contributed by atoms with Gasteiger partial charge in [0.15, 0.2) is 0 Å². The van der Waals surface area contributed by atoms with Crippen LogP contribution in [0.5, 0.6) is 0 Å². The number of carbonyl (C=O) groups excluding carboxylic acids is 2. The van der Waals surface area contributed by atoms with Gasteiger partial charge in [-0.1, -0.05) is 0 Å². The highest BCUT2D eigenvalue weighted by Crippen LogP contribution is 1.92. The zero-order valence-electron chi connectivity index (χ0n) is 8.03. The minimum atomic E-state index is -0.433. The molecular weight excluding hydrogens is 190 g/mol. The van der Waals surface area contributed by atoms with E-state index in [0.29, 0.717) is 0 Å². The standard InChI is InChI=1S/C8H15NO3S/c1-5(2)12-7(10)4-9-8(11)6(3)13/h5-6,13H,4H2,1-3H3,(H,9,11)/t6-/m1/s1. The molecule has 76 valence electrons. The SMILES string of the molecule is CC(C)OC(=O)CNC(=O)[C@@H](C)S. The van der Waals surface area contributed by atoms with Crippen molar-refractivity contribution < 1.29 is 14.3 Å². The van der Waals surface area contributed by atoms with E-state index in [4.69, 9.17) is 4.74 Å². The van der Waals surface area contributed by atoms with Crippen LogP contribution in [0.1, 0.15) is 20.8 Å². The van der Waals surface area contributed by atoms with Crippen LogP contribution < -0.4 is 5.32 Å². The number of rotatable bonds is 4. The van der Waals surface area contributed by atoms with Crippen LogP contribution in [-0.4, -0.2) is 29.8 Å². The molecule has 0 aromatic carbocycles. The van der Waals surface area contributed by atoms with E-state index in [1.54, 1.807) is 20.8 Å². The molecule has 13 heavy (non-hydrogen) atoms. The van der Waals surface area contributed by atoms with Gasteiger partial charge in [-0.3, -0.25) is 9.59 Å². The highest BCUT2D eigenvalue weighted by atomic mass is 32.1. The van der Waals surface area contributed by atoms with Crippen molar-refractivity contribution in [3.8, 4) is 0 Å². The molecule has 1 atom stereocenters. The van der Waals surface area contributed by atoms with Crippen molar-refractivity contribution in [3.63, 3.8) is 0 Å². The van der Waals surface area contributed by atoms with E-state index >= 15 is 0 Å². The average Bonchev–Trinajstić information content (AvgIpc) is 1.98. The van der Waals surface area contributed by atoms with E-state index in [0.717, 1.165) is 0 Å². The summed E-state index contributed by atoms with van der Waals surface area (Å²) in [6, 6.07) is 0. The first-order chi connectivity index (χ1) is 5.93. The van der Waals surface area contributed by atoms with Crippen molar-refractivity contribution in [2.75, 3.05) is 6.54 Å². The number of esters is 1. The second-order valence-corrected chi connectivity index (χ2v) is 3.71. The Bertz CT molecular complexity index is 192. The summed E-state index contributed by atoms with van der Waals surface area (Å²) in [4.78, 5) is 21.9. The fraction of sp³-hybridized carbons (Fsp3) is 0.750. The molecule has 1 amide bonds. The summed E-state index contributed by atoms with van der Waals surface area (Å²) >= 11 is 3.90. The second-order valence-electron chi connectivity index (χ2n) is 2.93. The van der Waals surface area contributed by atoms with Gasteiger partial charge < -0.3 is 10.1 Å². The van der Waals surface area contributed by atoms with Gasteiger partial charge in [0, 0.05) is 0 Å². The first kappa shape index (κ1) is 12.3. The van der Waals surface area contributed by atoms with Gasteiger partial charge >= 0.3 is 5.97 Å². The van der Waals surface area contributed by atoms with E-state index in [1.165, 1.54) is 0 Å². The zero-order valence-corrected chi connectivity index (χ0v) is 8.93. The lowest BCUT2D eigenvalue weighted by atomic mass is 10.4. The first-order valence-electron chi connectivity index (χ1n) is 4.08. The molecule has 0 rings (SSSR count). The topological polar surface area (TPSA) is 55.4 Å². The Balaban J connectivity index is 3.64. The molecule has 0 bridgehead atoms. The predicted octanol–water partition coefficient (Wildman–Crippen LogP) is 0.372. The largest absolute Gasteiger partial charge is 0.462 e. The normalized spacial score (nSPS) is 12.4. The number of amides is 1. The molecule has 0 fully saturated rings. The van der Waals surface area contributed by atoms with Gasteiger partial charge in [-0.25, -0.2) is 0 Å². The van der Waals surface area contributed by atoms with Gasteiger partial charge in [-0.2, -0.15) is 12.6 Å². The van der Waals surface area contributed by atoms with E-state index in [-0.39, 0.29) is 18.6 Å². The summed E-state index contributed by atoms with van der Waals surface area (Å²) in [6.45, 7) is 5.04. The maximum atomic E-state index is 10.9. The summed E-state index contributed by atoms with van der Waals surface area (Å²) in [7, 11) is 0. The fourth-order valence-electron chi connectivity index (χ4n) is 0.612. The molecule has 4 nitrogen and oxygen atoms in total. The van der Waals surface area contributed by atoms with Crippen LogP contribution >= 0.6 is 12.6 Å². The highest BCUT2D eigenvalue weighted by Gasteiger charge is 2.10. The van der Waals surface area contributed by atoms with E-state index in [9.17, 15) is 9.59 Å². The van der Waals surface area contributed by atoms with Gasteiger partial charge in [0.1, 0.15) is 6.54 Å². The predicted molar refractivity (Wildman–Crippen MR) is 52.7 cm³/mol. The third kappa shape index (κ3) is 6.45. The molecule has 0 aliphatic rings. The van der Waals surface area contributed by atoms with Crippen molar-refractivity contribution >= 4 is 24.5 Å². The Labute approximate surface area is 83.4 Å². The first-order valence-corrected chi connectivity index (χ1v) is 4.60. The smallest absolute Gasteiger partial charge is 0.325 e. The number of nitrogens with one attached hydrogen (secondary N) is 1. The van der Waals surface area contributed by atoms with E-state index in [1.807, 2.05) is 0 Å².